The van der Waals surface area contributed by atoms with Gasteiger partial charge in [0, 0.05) is 102 Å². The first-order valence-electron chi connectivity index (χ1n) is 28.6. The Labute approximate surface area is 471 Å². The third-order valence-electron chi connectivity index (χ3n) is 17.7. The third-order valence-corrected chi connectivity index (χ3v) is 19.4. The van der Waals surface area contributed by atoms with Crippen molar-refractivity contribution in [3.63, 3.8) is 0 Å². The summed E-state index contributed by atoms with van der Waals surface area (Å²) in [6.07, 6.45) is -4.43. The average molecular weight is 1150 g/mol. The van der Waals surface area contributed by atoms with Crippen molar-refractivity contribution in [1.82, 2.24) is 20.1 Å². The molecular weight excluding hydrogens is 1040 g/mol. The summed E-state index contributed by atoms with van der Waals surface area (Å²) in [5.74, 6) is 4.28. The largest absolute Gasteiger partial charge is 0.459 e. The lowest BCUT2D eigenvalue weighted by Crippen LogP contribution is -2.59. The summed E-state index contributed by atoms with van der Waals surface area (Å²) in [6.45, 7) is 19.1. The number of carbonyl (C=O) groups is 1. The monoisotopic (exact) mass is 1140 g/mol. The first kappa shape index (κ1) is 67.0. The van der Waals surface area contributed by atoms with Crippen LogP contribution < -0.4 is 16.1 Å². The number of aliphatic hydroxyl groups excluding tert-OH is 2. The molecule has 19 atom stereocenters. The van der Waals surface area contributed by atoms with Crippen molar-refractivity contribution in [3.05, 3.63) is 41.7 Å². The number of rotatable bonds is 18. The van der Waals surface area contributed by atoms with Crippen molar-refractivity contribution in [1.29, 1.82) is 0 Å². The van der Waals surface area contributed by atoms with E-state index in [0.29, 0.717) is 51.9 Å². The maximum Gasteiger partial charge on any atom is 0.311 e. The zero-order valence-corrected chi connectivity index (χ0v) is 50.9. The number of sulfone groups is 1. The Morgan fingerprint density at radius 2 is 1.65 bits per heavy atom. The molecule has 1 aromatic carbocycles. The van der Waals surface area contributed by atoms with E-state index in [-0.39, 0.29) is 48.8 Å². The number of hydrogen-bond donors (Lipinski definition) is 6. The van der Waals surface area contributed by atoms with Crippen molar-refractivity contribution in [2.75, 3.05) is 84.6 Å². The highest BCUT2D eigenvalue weighted by Crippen LogP contribution is 2.40. The van der Waals surface area contributed by atoms with Gasteiger partial charge in [-0.3, -0.25) is 4.79 Å². The van der Waals surface area contributed by atoms with Gasteiger partial charge >= 0.3 is 5.97 Å². The number of methoxy groups -OCH3 is 2. The Bertz CT molecular complexity index is 2200. The summed E-state index contributed by atoms with van der Waals surface area (Å²) in [5, 5.41) is 52.2. The number of alkyl halides is 1. The standard InChI is InChI=1S/C57H101FN6O14S/c1-16-46-57(10,69)51(65)39(6)62(13)33-35(2)30-55(8,68)53(37(4)49(38(5)54(67)76-46)77-48-31-56(9,73-15)52(66)40(7)75-48)78-47-29-44(28-36(3)74-47)61(12)24-22-42(60-11)34-64(59)45(32-58)50(72-14)41-18-20-43(21-19-41)63-23-17-26-79(70,71)27-25-63/h18-21,34-40,44-53,60,65-66,68-69H,16-17,22-33,59H2,1-15H3/b42-34-/t35-,36-,37+,38-,39-,40+,44+,45-,46-,47+,48+,49+,50-,51-,52+,53-,55-,56-,57-/m1/s1. The van der Waals surface area contributed by atoms with E-state index < -0.39 is 119 Å². The second-order valence-corrected chi connectivity index (χ2v) is 26.4. The molecule has 4 heterocycles. The number of aliphatic hydroxyl groups is 4. The number of nitrogens with zero attached hydrogens (tertiary/aromatic N) is 4. The van der Waals surface area contributed by atoms with Crippen molar-refractivity contribution in [3.8, 4) is 0 Å². The van der Waals surface area contributed by atoms with Crippen molar-refractivity contribution in [2.45, 2.75) is 211 Å². The Balaban J connectivity index is 1.38. The minimum absolute atomic E-state index is 0.0445. The van der Waals surface area contributed by atoms with Crippen LogP contribution in [-0.2, 0) is 47.8 Å². The number of hydrazine groups is 1. The highest BCUT2D eigenvalue weighted by molar-refractivity contribution is 7.91. The van der Waals surface area contributed by atoms with Gasteiger partial charge in [0.25, 0.3) is 0 Å². The minimum Gasteiger partial charge on any atom is -0.459 e. The van der Waals surface area contributed by atoms with Gasteiger partial charge in [0.15, 0.2) is 22.4 Å². The highest BCUT2D eigenvalue weighted by Gasteiger charge is 2.52. The quantitative estimate of drug-likeness (QED) is 0.0682. The van der Waals surface area contributed by atoms with E-state index in [1.54, 1.807) is 47.9 Å². The van der Waals surface area contributed by atoms with E-state index in [1.165, 1.54) is 26.2 Å². The Morgan fingerprint density at radius 3 is 2.25 bits per heavy atom. The lowest BCUT2D eigenvalue weighted by Gasteiger charge is -2.48. The zero-order chi connectivity index (χ0) is 58.9. The van der Waals surface area contributed by atoms with E-state index in [1.807, 2.05) is 71.0 Å². The summed E-state index contributed by atoms with van der Waals surface area (Å²) in [5.41, 5.74) is -2.07. The predicted molar refractivity (Wildman–Crippen MR) is 301 cm³/mol. The number of hydrogen-bond acceptors (Lipinski definition) is 20. The molecule has 0 radical (unpaired) electrons. The van der Waals surface area contributed by atoms with Crippen LogP contribution >= 0.6 is 0 Å². The molecule has 4 saturated heterocycles. The summed E-state index contributed by atoms with van der Waals surface area (Å²) in [4.78, 5) is 20.8. The van der Waals surface area contributed by atoms with E-state index in [2.05, 4.69) is 15.1 Å². The van der Waals surface area contributed by atoms with Crippen LogP contribution in [0, 0.1) is 17.8 Å². The van der Waals surface area contributed by atoms with Crippen LogP contribution in [0.2, 0.25) is 0 Å². The molecule has 79 heavy (non-hydrogen) atoms. The van der Waals surface area contributed by atoms with Crippen molar-refractivity contribution < 1.29 is 71.2 Å². The fourth-order valence-electron chi connectivity index (χ4n) is 12.5. The number of carbonyl (C=O) groups excluding carboxylic acids is 1. The molecule has 0 aromatic heterocycles. The molecule has 456 valence electrons. The molecule has 4 aliphatic heterocycles. The van der Waals surface area contributed by atoms with Gasteiger partial charge in [-0.05, 0) is 112 Å². The molecule has 1 aromatic rings. The lowest BCUT2D eigenvalue weighted by atomic mass is 9.77. The molecule has 20 nitrogen and oxygen atoms in total. The Kier molecular flexibility index (Phi) is 24.3. The van der Waals surface area contributed by atoms with Crippen LogP contribution in [0.3, 0.4) is 0 Å². The summed E-state index contributed by atoms with van der Waals surface area (Å²) >= 11 is 0. The van der Waals surface area contributed by atoms with Crippen LogP contribution in [0.5, 0.6) is 0 Å². The fraction of sp³-hybridized carbons (Fsp3) is 0.842. The number of nitrogens with two attached hydrogens (primary N) is 1. The van der Waals surface area contributed by atoms with Crippen LogP contribution in [0.4, 0.5) is 10.1 Å². The Morgan fingerprint density at radius 1 is 0.975 bits per heavy atom. The molecule has 0 saturated carbocycles. The van der Waals surface area contributed by atoms with Gasteiger partial charge in [0.1, 0.15) is 42.7 Å². The lowest BCUT2D eigenvalue weighted by molar-refractivity contribution is -0.308. The molecule has 0 bridgehead atoms. The molecular formula is C57H101FN6O14S. The number of esters is 1. The molecule has 4 fully saturated rings. The summed E-state index contributed by atoms with van der Waals surface area (Å²) in [7, 11) is 5.63. The van der Waals surface area contributed by atoms with Gasteiger partial charge in [-0.2, -0.15) is 0 Å². The number of cyclic esters (lactones) is 1. The molecule has 5 rings (SSSR count). The maximum atomic E-state index is 15.0. The van der Waals surface area contributed by atoms with Gasteiger partial charge in [-0.1, -0.05) is 32.9 Å². The SMILES string of the molecule is CC[C@H]1OC(=O)[C@H](C)[C@@H](O[C@H]2C[C@@](C)(OC)[C@@H](O)[C@H](C)O2)[C@H](C)[C@@H](O[C@H]2C[C@@H](N(C)CC/C(=C/N(N)[C@H](CF)[C@H](OC)c3ccc(N4CCCS(=O)(=O)CC4)cc3)NC)C[C@@H](C)O2)[C@](C)(O)C[C@@H](C)CN(C)[C@H](C)[C@@H](O)[C@]1(C)O. The van der Waals surface area contributed by atoms with Gasteiger partial charge in [-0.25, -0.2) is 18.7 Å². The zero-order valence-electron chi connectivity index (χ0n) is 50.0. The van der Waals surface area contributed by atoms with Gasteiger partial charge in [0.05, 0.1) is 53.0 Å². The average Bonchev–Trinajstić information content (AvgIpc) is 3.58. The molecule has 0 unspecified atom stereocenters. The van der Waals surface area contributed by atoms with Gasteiger partial charge in [-0.15, -0.1) is 0 Å². The van der Waals surface area contributed by atoms with Gasteiger partial charge in [0.2, 0.25) is 0 Å². The van der Waals surface area contributed by atoms with E-state index in [0.717, 1.165) is 16.9 Å². The topological polar surface area (TPSA) is 248 Å². The first-order chi connectivity index (χ1) is 37.0. The number of benzene rings is 1. The van der Waals surface area contributed by atoms with E-state index >= 15 is 4.39 Å². The molecule has 0 aliphatic carbocycles. The third kappa shape index (κ3) is 16.9. The van der Waals surface area contributed by atoms with Crippen LogP contribution in [0.15, 0.2) is 36.2 Å². The van der Waals surface area contributed by atoms with Crippen LogP contribution in [0.1, 0.15) is 126 Å². The summed E-state index contributed by atoms with van der Waals surface area (Å²) < 4.78 is 84.1. The second-order valence-electron chi connectivity index (χ2n) is 24.1. The predicted octanol–water partition coefficient (Wildman–Crippen LogP) is 4.28. The summed E-state index contributed by atoms with van der Waals surface area (Å²) in [6, 6.07) is 6.08. The van der Waals surface area contributed by atoms with Crippen molar-refractivity contribution in [2.24, 2.45) is 23.6 Å². The smallest absolute Gasteiger partial charge is 0.311 e. The first-order valence-corrected chi connectivity index (χ1v) is 30.4. The highest BCUT2D eigenvalue weighted by atomic mass is 32.2. The normalized spacial score (nSPS) is 38.7. The van der Waals surface area contributed by atoms with Crippen LogP contribution in [-0.4, -0.2) is 220 Å². The second kappa shape index (κ2) is 28.6. The van der Waals surface area contributed by atoms with Gasteiger partial charge < -0.3 is 78.6 Å². The molecule has 0 spiro atoms. The molecule has 4 aliphatic rings. The maximum absolute atomic E-state index is 15.0. The number of anilines is 1. The number of likely N-dealkylation sites (N-methyl/N-ethyl adjacent to an activating group) is 1. The van der Waals surface area contributed by atoms with E-state index in [4.69, 9.17) is 39.0 Å². The van der Waals surface area contributed by atoms with Crippen molar-refractivity contribution >= 4 is 21.5 Å². The fourth-order valence-corrected chi connectivity index (χ4v) is 13.8. The minimum atomic E-state index is -3.07. The number of nitrogens with one attached hydrogen (secondary N) is 1. The number of halogens is 1. The molecule has 22 heteroatoms. The Hall–Kier alpha value is -2.81. The molecule has 7 N–H and O–H groups in total. The molecule has 0 amide bonds. The van der Waals surface area contributed by atoms with Crippen LogP contribution in [0.25, 0.3) is 0 Å². The number of ether oxygens (including phenoxy) is 7. The van der Waals surface area contributed by atoms with E-state index in [9.17, 15) is 33.6 Å².